The van der Waals surface area contributed by atoms with Crippen LogP contribution in [0, 0.1) is 0 Å². The molecule has 0 aliphatic carbocycles. The Morgan fingerprint density at radius 1 is 1.19 bits per heavy atom. The summed E-state index contributed by atoms with van der Waals surface area (Å²) >= 11 is 1.62. The Kier molecular flexibility index (Phi) is 3.73. The van der Waals surface area contributed by atoms with Crippen LogP contribution in [-0.2, 0) is 12.0 Å². The van der Waals surface area contributed by atoms with E-state index < -0.39 is 5.60 Å². The molecule has 1 unspecified atom stereocenters. The summed E-state index contributed by atoms with van der Waals surface area (Å²) in [6, 6.07) is 8.08. The molecule has 3 rings (SSSR count). The smallest absolute Gasteiger partial charge is 0.278 e. The summed E-state index contributed by atoms with van der Waals surface area (Å²) < 4.78 is 10.2. The molecule has 0 spiro atoms. The van der Waals surface area contributed by atoms with Gasteiger partial charge < -0.3 is 14.6 Å². The Labute approximate surface area is 127 Å². The van der Waals surface area contributed by atoms with E-state index in [1.807, 2.05) is 18.2 Å². The van der Waals surface area contributed by atoms with Crippen LogP contribution in [0.2, 0.25) is 0 Å². The summed E-state index contributed by atoms with van der Waals surface area (Å²) in [5.74, 6) is 1.13. The first-order chi connectivity index (χ1) is 10.2. The molecular weight excluding hydrogens is 288 g/mol. The van der Waals surface area contributed by atoms with Gasteiger partial charge in [0.15, 0.2) is 0 Å². The molecule has 5 nitrogen and oxygen atoms in total. The van der Waals surface area contributed by atoms with Gasteiger partial charge in [-0.1, -0.05) is 18.2 Å². The third kappa shape index (κ3) is 2.56. The maximum atomic E-state index is 11.0. The normalized spacial score (nSPS) is 20.7. The molecule has 1 aromatic heterocycles. The van der Waals surface area contributed by atoms with Crippen LogP contribution in [0.5, 0.6) is 11.8 Å². The molecule has 0 saturated heterocycles. The van der Waals surface area contributed by atoms with Gasteiger partial charge in [0.25, 0.3) is 11.8 Å². The maximum absolute atomic E-state index is 11.0. The average Bonchev–Trinajstić information content (AvgIpc) is 2.54. The molecule has 0 radical (unpaired) electrons. The Hall–Kier alpha value is -1.79. The van der Waals surface area contributed by atoms with Crippen molar-refractivity contribution in [2.24, 2.45) is 0 Å². The number of thioether (sulfide) groups is 1. The molecule has 6 heteroatoms. The number of aromatic nitrogens is 2. The summed E-state index contributed by atoms with van der Waals surface area (Å²) in [5, 5.41) is 11.0. The van der Waals surface area contributed by atoms with Crippen molar-refractivity contribution in [1.29, 1.82) is 0 Å². The number of methoxy groups -OCH3 is 2. The molecule has 1 aliphatic heterocycles. The molecule has 0 fully saturated rings. The lowest BCUT2D eigenvalue weighted by Crippen LogP contribution is -2.35. The van der Waals surface area contributed by atoms with E-state index in [9.17, 15) is 5.11 Å². The largest absolute Gasteiger partial charge is 0.477 e. The first kappa shape index (κ1) is 14.2. The van der Waals surface area contributed by atoms with Crippen LogP contribution in [0.15, 0.2) is 35.4 Å². The quantitative estimate of drug-likeness (QED) is 0.936. The minimum atomic E-state index is -1.05. The van der Waals surface area contributed by atoms with Crippen LogP contribution in [0.25, 0.3) is 0 Å². The number of hydrogen-bond acceptors (Lipinski definition) is 6. The van der Waals surface area contributed by atoms with Crippen molar-refractivity contribution in [3.63, 3.8) is 0 Å². The maximum Gasteiger partial charge on any atom is 0.278 e. The number of ether oxygens (including phenoxy) is 2. The van der Waals surface area contributed by atoms with Crippen LogP contribution in [0.4, 0.5) is 0 Å². The summed E-state index contributed by atoms with van der Waals surface area (Å²) in [5.41, 5.74) is 0.570. The predicted octanol–water partition coefficient (Wildman–Crippen LogP) is 2.03. The minimum Gasteiger partial charge on any atom is -0.477 e. The van der Waals surface area contributed by atoms with Crippen molar-refractivity contribution in [3.8, 4) is 11.8 Å². The standard InChI is InChI=1S/C15H16N2O3S/c1-19-13-14(20-2)17-12(8-16-13)15(18)7-10-5-3-4-6-11(10)21-9-15/h3-6,8,18H,7,9H2,1-2H3. The lowest BCUT2D eigenvalue weighted by Gasteiger charge is -2.32. The zero-order valence-electron chi connectivity index (χ0n) is 11.9. The fourth-order valence-electron chi connectivity index (χ4n) is 2.38. The highest BCUT2D eigenvalue weighted by atomic mass is 32.2. The van der Waals surface area contributed by atoms with Gasteiger partial charge in [-0.2, -0.15) is 0 Å². The first-order valence-electron chi connectivity index (χ1n) is 6.55. The van der Waals surface area contributed by atoms with E-state index in [0.29, 0.717) is 23.7 Å². The molecular formula is C15H16N2O3S. The second-order valence-corrected chi connectivity index (χ2v) is 5.90. The Bertz CT molecular complexity index is 665. The van der Waals surface area contributed by atoms with E-state index in [1.165, 1.54) is 19.1 Å². The second-order valence-electron chi connectivity index (χ2n) is 4.88. The van der Waals surface area contributed by atoms with Gasteiger partial charge in [-0.15, -0.1) is 11.8 Å². The molecule has 0 saturated carbocycles. The Balaban J connectivity index is 1.97. The lowest BCUT2D eigenvalue weighted by atomic mass is 9.92. The van der Waals surface area contributed by atoms with Crippen molar-refractivity contribution in [2.45, 2.75) is 16.9 Å². The number of fused-ring (bicyclic) bond motifs is 1. The number of benzene rings is 1. The highest BCUT2D eigenvalue weighted by Gasteiger charge is 2.36. The highest BCUT2D eigenvalue weighted by molar-refractivity contribution is 7.99. The minimum absolute atomic E-state index is 0.285. The van der Waals surface area contributed by atoms with Crippen LogP contribution < -0.4 is 9.47 Å². The third-order valence-corrected chi connectivity index (χ3v) is 4.83. The predicted molar refractivity (Wildman–Crippen MR) is 79.9 cm³/mol. The first-order valence-corrected chi connectivity index (χ1v) is 7.53. The molecule has 2 heterocycles. The van der Waals surface area contributed by atoms with Crippen molar-refractivity contribution in [1.82, 2.24) is 9.97 Å². The van der Waals surface area contributed by atoms with Crippen LogP contribution >= 0.6 is 11.8 Å². The summed E-state index contributed by atoms with van der Waals surface area (Å²) in [6.07, 6.45) is 2.07. The molecule has 21 heavy (non-hydrogen) atoms. The van der Waals surface area contributed by atoms with Crippen molar-refractivity contribution in [3.05, 3.63) is 41.7 Å². The van der Waals surface area contributed by atoms with Crippen LogP contribution in [0.3, 0.4) is 0 Å². The summed E-state index contributed by atoms with van der Waals surface area (Å²) in [6.45, 7) is 0. The lowest BCUT2D eigenvalue weighted by molar-refractivity contribution is 0.0545. The van der Waals surface area contributed by atoms with E-state index in [1.54, 1.807) is 18.0 Å². The molecule has 0 bridgehead atoms. The van der Waals surface area contributed by atoms with Crippen LogP contribution in [0.1, 0.15) is 11.3 Å². The van der Waals surface area contributed by atoms with Crippen LogP contribution in [-0.4, -0.2) is 35.0 Å². The fraction of sp³-hybridized carbons (Fsp3) is 0.333. The van der Waals surface area contributed by atoms with E-state index >= 15 is 0 Å². The second kappa shape index (κ2) is 5.54. The molecule has 1 aromatic carbocycles. The van der Waals surface area contributed by atoms with Gasteiger partial charge >= 0.3 is 0 Å². The third-order valence-electron chi connectivity index (χ3n) is 3.49. The molecule has 1 N–H and O–H groups in total. The number of rotatable bonds is 3. The molecule has 0 amide bonds. The Morgan fingerprint density at radius 3 is 2.71 bits per heavy atom. The summed E-state index contributed by atoms with van der Waals surface area (Å²) in [4.78, 5) is 9.73. The molecule has 2 aromatic rings. The SMILES string of the molecule is COc1ncc(C2(O)CSc3ccccc3C2)nc1OC. The molecule has 1 aliphatic rings. The van der Waals surface area contributed by atoms with Crippen molar-refractivity contribution in [2.75, 3.05) is 20.0 Å². The number of hydrogen-bond donors (Lipinski definition) is 1. The van der Waals surface area contributed by atoms with E-state index in [-0.39, 0.29) is 5.88 Å². The zero-order valence-corrected chi connectivity index (χ0v) is 12.7. The van der Waals surface area contributed by atoms with E-state index in [2.05, 4.69) is 16.0 Å². The number of aliphatic hydroxyl groups is 1. The van der Waals surface area contributed by atoms with Crippen molar-refractivity contribution < 1.29 is 14.6 Å². The van der Waals surface area contributed by atoms with Gasteiger partial charge in [-0.05, 0) is 11.6 Å². The van der Waals surface area contributed by atoms with E-state index in [4.69, 9.17) is 9.47 Å². The average molecular weight is 304 g/mol. The van der Waals surface area contributed by atoms with Gasteiger partial charge in [0.2, 0.25) is 0 Å². The number of nitrogens with zero attached hydrogens (tertiary/aromatic N) is 2. The van der Waals surface area contributed by atoms with Gasteiger partial charge in [-0.3, -0.25) is 0 Å². The zero-order chi connectivity index (χ0) is 14.9. The monoisotopic (exact) mass is 304 g/mol. The van der Waals surface area contributed by atoms with Gasteiger partial charge in [-0.25, -0.2) is 9.97 Å². The highest BCUT2D eigenvalue weighted by Crippen LogP contribution is 2.40. The topological polar surface area (TPSA) is 64.5 Å². The Morgan fingerprint density at radius 2 is 1.95 bits per heavy atom. The van der Waals surface area contributed by atoms with E-state index in [0.717, 1.165) is 5.56 Å². The van der Waals surface area contributed by atoms with Gasteiger partial charge in [0.1, 0.15) is 5.60 Å². The van der Waals surface area contributed by atoms with Gasteiger partial charge in [0, 0.05) is 17.1 Å². The van der Waals surface area contributed by atoms with Crippen molar-refractivity contribution >= 4 is 11.8 Å². The molecule has 1 atom stereocenters. The summed E-state index contributed by atoms with van der Waals surface area (Å²) in [7, 11) is 3.01. The van der Waals surface area contributed by atoms with Gasteiger partial charge in [0.05, 0.1) is 26.1 Å². The molecule has 110 valence electrons. The fourth-order valence-corrected chi connectivity index (χ4v) is 3.52.